The Hall–Kier alpha value is -3.73. The molecule has 1 aliphatic heterocycles. The number of carbonyl (C=O) groups is 1. The van der Waals surface area contributed by atoms with Crippen LogP contribution in [0.4, 0.5) is 0 Å². The number of ketones is 1. The third-order valence-electron chi connectivity index (χ3n) is 4.68. The standard InChI is InChI=1S/C22H14N2O3/c25-20-17-11-10-15(27-13-14-6-2-1-3-7-14)12-19(17)24-21(20)23-18-9-5-4-8-16(18)22(24)26/h1-12H,13H2. The number of benzene rings is 3. The van der Waals surface area contributed by atoms with Gasteiger partial charge in [-0.2, -0.15) is 0 Å². The van der Waals surface area contributed by atoms with E-state index in [1.165, 1.54) is 4.57 Å². The van der Waals surface area contributed by atoms with Crippen molar-refractivity contribution in [2.45, 2.75) is 6.61 Å². The van der Waals surface area contributed by atoms with Crippen molar-refractivity contribution < 1.29 is 9.53 Å². The molecule has 4 aromatic rings. The highest BCUT2D eigenvalue weighted by atomic mass is 16.5. The molecular formula is C22H14N2O3. The molecule has 5 rings (SSSR count). The SMILES string of the molecule is O=C1c2ccc(OCc3ccccc3)cc2-n2c1nc1ccccc1c2=O. The first-order valence-corrected chi connectivity index (χ1v) is 8.60. The highest BCUT2D eigenvalue weighted by Crippen LogP contribution is 2.30. The molecule has 0 saturated carbocycles. The molecule has 3 aromatic carbocycles. The minimum absolute atomic E-state index is 0.147. The average molecular weight is 354 g/mol. The van der Waals surface area contributed by atoms with Crippen LogP contribution in [0, 0.1) is 0 Å². The normalized spacial score (nSPS) is 12.1. The largest absolute Gasteiger partial charge is 0.489 e. The van der Waals surface area contributed by atoms with Crippen LogP contribution in [0.2, 0.25) is 0 Å². The minimum Gasteiger partial charge on any atom is -0.489 e. The predicted octanol–water partition coefficient (Wildman–Crippen LogP) is 3.51. The summed E-state index contributed by atoms with van der Waals surface area (Å²) < 4.78 is 7.23. The van der Waals surface area contributed by atoms with Crippen LogP contribution in [0.25, 0.3) is 16.6 Å². The molecule has 0 fully saturated rings. The van der Waals surface area contributed by atoms with Gasteiger partial charge in [0, 0.05) is 6.07 Å². The molecule has 5 heteroatoms. The van der Waals surface area contributed by atoms with Crippen molar-refractivity contribution >= 4 is 16.7 Å². The Balaban J connectivity index is 1.60. The first-order chi connectivity index (χ1) is 13.2. The Bertz CT molecular complexity index is 1260. The van der Waals surface area contributed by atoms with Crippen LogP contribution in [0.3, 0.4) is 0 Å². The summed E-state index contributed by atoms with van der Waals surface area (Å²) in [7, 11) is 0. The lowest BCUT2D eigenvalue weighted by atomic mass is 10.1. The highest BCUT2D eigenvalue weighted by Gasteiger charge is 2.30. The van der Waals surface area contributed by atoms with Gasteiger partial charge in [-0.05, 0) is 29.8 Å². The zero-order valence-corrected chi connectivity index (χ0v) is 14.3. The van der Waals surface area contributed by atoms with E-state index < -0.39 is 0 Å². The average Bonchev–Trinajstić information content (AvgIpc) is 2.99. The number of aromatic nitrogens is 2. The van der Waals surface area contributed by atoms with Crippen molar-refractivity contribution in [1.29, 1.82) is 0 Å². The Kier molecular flexibility index (Phi) is 3.40. The first kappa shape index (κ1) is 15.5. The number of hydrogen-bond acceptors (Lipinski definition) is 4. The number of carbonyl (C=O) groups excluding carboxylic acids is 1. The Morgan fingerprint density at radius 2 is 1.67 bits per heavy atom. The van der Waals surface area contributed by atoms with Crippen molar-refractivity contribution in [1.82, 2.24) is 9.55 Å². The van der Waals surface area contributed by atoms with Crippen LogP contribution >= 0.6 is 0 Å². The Morgan fingerprint density at radius 3 is 2.52 bits per heavy atom. The zero-order chi connectivity index (χ0) is 18.4. The maximum atomic E-state index is 12.9. The smallest absolute Gasteiger partial charge is 0.266 e. The van der Waals surface area contributed by atoms with Crippen LogP contribution in [-0.2, 0) is 6.61 Å². The van der Waals surface area contributed by atoms with Crippen LogP contribution in [-0.4, -0.2) is 15.3 Å². The van der Waals surface area contributed by atoms with Gasteiger partial charge in [0.2, 0.25) is 5.78 Å². The van der Waals surface area contributed by atoms with Gasteiger partial charge in [0.25, 0.3) is 5.56 Å². The number of hydrogen-bond donors (Lipinski definition) is 0. The van der Waals surface area contributed by atoms with Crippen molar-refractivity contribution in [2.24, 2.45) is 0 Å². The van der Waals surface area contributed by atoms with Crippen LogP contribution in [0.1, 0.15) is 21.7 Å². The fourth-order valence-electron chi connectivity index (χ4n) is 3.35. The molecule has 1 aromatic heterocycles. The van der Waals surface area contributed by atoms with Crippen LogP contribution in [0.15, 0.2) is 77.6 Å². The third-order valence-corrected chi connectivity index (χ3v) is 4.68. The molecule has 2 heterocycles. The van der Waals surface area contributed by atoms with Crippen molar-refractivity contribution in [3.05, 3.63) is 100 Å². The number of fused-ring (bicyclic) bond motifs is 4. The van der Waals surface area contributed by atoms with E-state index >= 15 is 0 Å². The molecule has 0 atom stereocenters. The van der Waals surface area contributed by atoms with E-state index in [1.807, 2.05) is 30.3 Å². The van der Waals surface area contributed by atoms with Crippen molar-refractivity contribution in [2.75, 3.05) is 0 Å². The van der Waals surface area contributed by atoms with Gasteiger partial charge in [0.15, 0.2) is 5.82 Å². The first-order valence-electron chi connectivity index (χ1n) is 8.60. The topological polar surface area (TPSA) is 61.2 Å². The van der Waals surface area contributed by atoms with Gasteiger partial charge in [-0.3, -0.25) is 14.2 Å². The van der Waals surface area contributed by atoms with E-state index in [4.69, 9.17) is 4.74 Å². The molecule has 0 saturated heterocycles. The number of nitrogens with zero attached hydrogens (tertiary/aromatic N) is 2. The zero-order valence-electron chi connectivity index (χ0n) is 14.3. The number of para-hydroxylation sites is 1. The summed E-state index contributed by atoms with van der Waals surface area (Å²) in [6, 6.07) is 22.0. The fourth-order valence-corrected chi connectivity index (χ4v) is 3.35. The van der Waals surface area contributed by atoms with Crippen LogP contribution < -0.4 is 10.3 Å². The van der Waals surface area contributed by atoms with Crippen molar-refractivity contribution in [3.8, 4) is 11.4 Å². The van der Waals surface area contributed by atoms with Crippen LogP contribution in [0.5, 0.6) is 5.75 Å². The van der Waals surface area contributed by atoms with E-state index in [9.17, 15) is 9.59 Å². The van der Waals surface area contributed by atoms with E-state index in [-0.39, 0.29) is 17.2 Å². The Labute approximate surface area is 154 Å². The molecule has 1 aliphatic rings. The minimum atomic E-state index is -0.248. The van der Waals surface area contributed by atoms with Gasteiger partial charge in [0.05, 0.1) is 22.2 Å². The van der Waals surface area contributed by atoms with Gasteiger partial charge >= 0.3 is 0 Å². The quantitative estimate of drug-likeness (QED) is 0.497. The number of ether oxygens (including phenoxy) is 1. The van der Waals surface area contributed by atoms with Gasteiger partial charge in [-0.15, -0.1) is 0 Å². The summed E-state index contributed by atoms with van der Waals surface area (Å²) >= 11 is 0. The summed E-state index contributed by atoms with van der Waals surface area (Å²) in [5.74, 6) is 0.495. The van der Waals surface area contributed by atoms with Crippen molar-refractivity contribution in [3.63, 3.8) is 0 Å². The molecule has 0 radical (unpaired) electrons. The van der Waals surface area contributed by atoms with Gasteiger partial charge in [0.1, 0.15) is 12.4 Å². The molecule has 0 bridgehead atoms. The number of rotatable bonds is 3. The molecule has 130 valence electrons. The molecule has 0 amide bonds. The van der Waals surface area contributed by atoms with Gasteiger partial charge in [-0.1, -0.05) is 42.5 Å². The summed E-state index contributed by atoms with van der Waals surface area (Å²) in [6.07, 6.45) is 0. The molecule has 0 N–H and O–H groups in total. The summed E-state index contributed by atoms with van der Waals surface area (Å²) in [4.78, 5) is 30.1. The summed E-state index contributed by atoms with van der Waals surface area (Å²) in [5.41, 5.74) is 2.29. The maximum absolute atomic E-state index is 12.9. The second kappa shape index (κ2) is 5.92. The lowest BCUT2D eigenvalue weighted by Gasteiger charge is -2.09. The second-order valence-corrected chi connectivity index (χ2v) is 6.38. The van der Waals surface area contributed by atoms with E-state index in [0.717, 1.165) is 5.56 Å². The fraction of sp³-hybridized carbons (Fsp3) is 0.0455. The van der Waals surface area contributed by atoms with E-state index in [1.54, 1.807) is 42.5 Å². The Morgan fingerprint density at radius 1 is 0.889 bits per heavy atom. The third kappa shape index (κ3) is 2.44. The van der Waals surface area contributed by atoms with E-state index in [2.05, 4.69) is 4.98 Å². The maximum Gasteiger partial charge on any atom is 0.266 e. The molecule has 5 nitrogen and oxygen atoms in total. The second-order valence-electron chi connectivity index (χ2n) is 6.38. The molecule has 0 aliphatic carbocycles. The lowest BCUT2D eigenvalue weighted by molar-refractivity contribution is 0.103. The predicted molar refractivity (Wildman–Crippen MR) is 102 cm³/mol. The molecule has 27 heavy (non-hydrogen) atoms. The molecule has 0 unspecified atom stereocenters. The molecular weight excluding hydrogens is 340 g/mol. The summed E-state index contributed by atoms with van der Waals surface area (Å²) in [6.45, 7) is 0.408. The monoisotopic (exact) mass is 354 g/mol. The van der Waals surface area contributed by atoms with E-state index in [0.29, 0.717) is 34.5 Å². The highest BCUT2D eigenvalue weighted by molar-refractivity contribution is 6.13. The summed E-state index contributed by atoms with van der Waals surface area (Å²) in [5, 5.41) is 0.484. The van der Waals surface area contributed by atoms with Gasteiger partial charge in [-0.25, -0.2) is 4.98 Å². The lowest BCUT2D eigenvalue weighted by Crippen LogP contribution is -2.21. The van der Waals surface area contributed by atoms with Gasteiger partial charge < -0.3 is 4.74 Å². The molecule has 0 spiro atoms.